The van der Waals surface area contributed by atoms with Gasteiger partial charge in [-0.25, -0.2) is 0 Å². The molecule has 27 heavy (non-hydrogen) atoms. The van der Waals surface area contributed by atoms with E-state index in [1.54, 1.807) is 6.08 Å². The van der Waals surface area contributed by atoms with Crippen LogP contribution < -0.4 is 0 Å². The Morgan fingerprint density at radius 1 is 1.44 bits per heavy atom. The van der Waals surface area contributed by atoms with Gasteiger partial charge >= 0.3 is 5.97 Å². The van der Waals surface area contributed by atoms with Crippen LogP contribution >= 0.6 is 11.6 Å². The molecule has 4 atom stereocenters. The molecule has 150 valence electrons. The van der Waals surface area contributed by atoms with Crippen LogP contribution in [0.4, 0.5) is 0 Å². The van der Waals surface area contributed by atoms with Crippen molar-refractivity contribution in [1.29, 1.82) is 0 Å². The van der Waals surface area contributed by atoms with Gasteiger partial charge < -0.3 is 19.7 Å². The van der Waals surface area contributed by atoms with Gasteiger partial charge in [-0.05, 0) is 38.2 Å². The Balaban J connectivity index is 1.95. The molecule has 0 spiro atoms. The fourth-order valence-electron chi connectivity index (χ4n) is 3.31. The molecule has 0 fully saturated rings. The number of carboxylic acids is 1. The lowest BCUT2D eigenvalue weighted by Crippen LogP contribution is -2.16. The molecule has 0 bridgehead atoms. The fraction of sp³-hybridized carbons (Fsp3) is 0.571. The predicted octanol–water partition coefficient (Wildman–Crippen LogP) is 4.16. The van der Waals surface area contributed by atoms with Crippen LogP contribution in [-0.4, -0.2) is 33.5 Å². The molecule has 0 saturated heterocycles. The number of aliphatic hydroxyl groups excluding tert-OH is 2. The molecule has 1 heterocycles. The van der Waals surface area contributed by atoms with E-state index < -0.39 is 18.2 Å². The van der Waals surface area contributed by atoms with E-state index in [2.05, 4.69) is 0 Å². The number of allylic oxidation sites excluding steroid dienone is 2. The number of fused-ring (bicyclic) bond motifs is 1. The predicted molar refractivity (Wildman–Crippen MR) is 105 cm³/mol. The maximum absolute atomic E-state index is 10.6. The van der Waals surface area contributed by atoms with Gasteiger partial charge in [0.25, 0.3) is 0 Å². The zero-order valence-corrected chi connectivity index (χ0v) is 16.7. The van der Waals surface area contributed by atoms with Gasteiger partial charge in [-0.3, -0.25) is 4.79 Å². The number of aliphatic carboxylic acids is 1. The first kappa shape index (κ1) is 21.7. The van der Waals surface area contributed by atoms with Gasteiger partial charge in [0, 0.05) is 35.8 Å². The molecule has 1 unspecified atom stereocenters. The van der Waals surface area contributed by atoms with Crippen molar-refractivity contribution in [2.45, 2.75) is 70.5 Å². The van der Waals surface area contributed by atoms with Crippen molar-refractivity contribution in [3.63, 3.8) is 0 Å². The molecule has 3 N–H and O–H groups in total. The molecule has 6 heteroatoms. The summed E-state index contributed by atoms with van der Waals surface area (Å²) >= 11 is 5.83. The number of furan rings is 1. The van der Waals surface area contributed by atoms with Crippen LogP contribution in [0.5, 0.6) is 0 Å². The zero-order valence-electron chi connectivity index (χ0n) is 15.9. The standard InChI is InChI=1S/C21H29ClO5/c1-13(7-8-14(2)22)18(23)10-9-16-17-11-15(5-3-4-6-21(25)26)27-20(17)12-19(16)24/h8-11,13,16,18-19,23-24H,3-7,12H2,1-2H3,(H,25,26)/b10-9+,14-8-/t13?,16-,18-,19-/m1/s1. The quantitative estimate of drug-likeness (QED) is 0.408. The lowest BCUT2D eigenvalue weighted by atomic mass is 9.95. The number of halogens is 1. The van der Waals surface area contributed by atoms with Gasteiger partial charge in [-0.15, -0.1) is 0 Å². The number of aryl methyl sites for hydroxylation is 1. The van der Waals surface area contributed by atoms with Crippen LogP contribution in [0.2, 0.25) is 0 Å². The van der Waals surface area contributed by atoms with Crippen molar-refractivity contribution in [2.24, 2.45) is 5.92 Å². The van der Waals surface area contributed by atoms with Gasteiger partial charge in [-0.2, -0.15) is 0 Å². The molecule has 1 aromatic rings. The number of rotatable bonds is 10. The number of hydrogen-bond acceptors (Lipinski definition) is 4. The first-order chi connectivity index (χ1) is 12.8. The molecule has 2 rings (SSSR count). The maximum atomic E-state index is 10.6. The minimum absolute atomic E-state index is 0.0297. The van der Waals surface area contributed by atoms with Gasteiger partial charge in [0.05, 0.1) is 12.2 Å². The summed E-state index contributed by atoms with van der Waals surface area (Å²) in [7, 11) is 0. The third-order valence-corrected chi connectivity index (χ3v) is 5.15. The fourth-order valence-corrected chi connectivity index (χ4v) is 3.40. The lowest BCUT2D eigenvalue weighted by Gasteiger charge is -2.15. The van der Waals surface area contributed by atoms with E-state index >= 15 is 0 Å². The number of unbranched alkanes of at least 4 members (excludes halogenated alkanes) is 1. The third kappa shape index (κ3) is 6.52. The van der Waals surface area contributed by atoms with Gasteiger partial charge in [0.2, 0.25) is 0 Å². The Morgan fingerprint density at radius 3 is 2.85 bits per heavy atom. The molecule has 1 aromatic heterocycles. The van der Waals surface area contributed by atoms with E-state index in [1.165, 1.54) is 0 Å². The summed E-state index contributed by atoms with van der Waals surface area (Å²) in [4.78, 5) is 10.6. The molecule has 1 aliphatic rings. The second-order valence-corrected chi connectivity index (χ2v) is 7.96. The number of aliphatic hydroxyl groups is 2. The van der Waals surface area contributed by atoms with Crippen molar-refractivity contribution < 1.29 is 24.5 Å². The summed E-state index contributed by atoms with van der Waals surface area (Å²) in [6.07, 6.45) is 7.69. The van der Waals surface area contributed by atoms with Crippen LogP contribution in [0.3, 0.4) is 0 Å². The lowest BCUT2D eigenvalue weighted by molar-refractivity contribution is -0.137. The van der Waals surface area contributed by atoms with E-state index in [4.69, 9.17) is 21.1 Å². The SMILES string of the molecule is C/C(Cl)=C/CC(C)[C@H](O)/C=C/[C@@H]1c2cc(CCCCC(=O)O)oc2C[C@H]1O. The van der Waals surface area contributed by atoms with E-state index in [9.17, 15) is 15.0 Å². The zero-order chi connectivity index (χ0) is 20.0. The molecule has 5 nitrogen and oxygen atoms in total. The Bertz CT molecular complexity index is 687. The first-order valence-corrected chi connectivity index (χ1v) is 9.85. The highest BCUT2D eigenvalue weighted by molar-refractivity contribution is 6.29. The average molecular weight is 397 g/mol. The molecule has 0 aliphatic heterocycles. The first-order valence-electron chi connectivity index (χ1n) is 9.48. The average Bonchev–Trinajstić information content (AvgIpc) is 3.10. The van der Waals surface area contributed by atoms with Gasteiger partial charge in [0.1, 0.15) is 11.5 Å². The molecule has 0 aromatic carbocycles. The third-order valence-electron chi connectivity index (χ3n) is 4.99. The van der Waals surface area contributed by atoms with Crippen molar-refractivity contribution in [1.82, 2.24) is 0 Å². The molecule has 0 saturated carbocycles. The van der Waals surface area contributed by atoms with Crippen LogP contribution in [-0.2, 0) is 17.6 Å². The molecule has 1 aliphatic carbocycles. The summed E-state index contributed by atoms with van der Waals surface area (Å²) in [6.45, 7) is 3.76. The van der Waals surface area contributed by atoms with Crippen molar-refractivity contribution in [3.8, 4) is 0 Å². The minimum atomic E-state index is -0.783. The highest BCUT2D eigenvalue weighted by Crippen LogP contribution is 2.37. The smallest absolute Gasteiger partial charge is 0.303 e. The second-order valence-electron chi connectivity index (χ2n) is 7.37. The van der Waals surface area contributed by atoms with Crippen LogP contribution in [0, 0.1) is 5.92 Å². The monoisotopic (exact) mass is 396 g/mol. The summed E-state index contributed by atoms with van der Waals surface area (Å²) in [5.74, 6) is 0.668. The van der Waals surface area contributed by atoms with Gasteiger partial charge in [-0.1, -0.05) is 36.8 Å². The number of hydrogen-bond donors (Lipinski definition) is 3. The molecular weight excluding hydrogens is 368 g/mol. The van der Waals surface area contributed by atoms with Crippen LogP contribution in [0.15, 0.2) is 33.7 Å². The molecular formula is C21H29ClO5. The number of carbonyl (C=O) groups is 1. The summed E-state index contributed by atoms with van der Waals surface area (Å²) in [5, 5.41) is 30.0. The molecule has 0 radical (unpaired) electrons. The van der Waals surface area contributed by atoms with Crippen molar-refractivity contribution in [2.75, 3.05) is 0 Å². The second kappa shape index (κ2) is 10.1. The maximum Gasteiger partial charge on any atom is 0.303 e. The Kier molecular flexibility index (Phi) is 8.14. The van der Waals surface area contributed by atoms with Crippen molar-refractivity contribution in [3.05, 3.63) is 46.4 Å². The highest BCUT2D eigenvalue weighted by atomic mass is 35.5. The van der Waals surface area contributed by atoms with E-state index in [0.29, 0.717) is 30.7 Å². The van der Waals surface area contributed by atoms with Crippen LogP contribution in [0.1, 0.15) is 62.5 Å². The highest BCUT2D eigenvalue weighted by Gasteiger charge is 2.33. The topological polar surface area (TPSA) is 90.9 Å². The minimum Gasteiger partial charge on any atom is -0.481 e. The Morgan fingerprint density at radius 2 is 2.19 bits per heavy atom. The van der Waals surface area contributed by atoms with Crippen molar-refractivity contribution >= 4 is 17.6 Å². The van der Waals surface area contributed by atoms with Crippen LogP contribution in [0.25, 0.3) is 0 Å². The Hall–Kier alpha value is -1.56. The summed E-state index contributed by atoms with van der Waals surface area (Å²) in [5.41, 5.74) is 0.961. The number of carboxylic acid groups (broad SMARTS) is 1. The van der Waals surface area contributed by atoms with E-state index in [1.807, 2.05) is 32.1 Å². The Labute approximate surface area is 165 Å². The van der Waals surface area contributed by atoms with E-state index in [0.717, 1.165) is 23.5 Å². The van der Waals surface area contributed by atoms with Gasteiger partial charge in [0.15, 0.2) is 0 Å². The summed E-state index contributed by atoms with van der Waals surface area (Å²) in [6, 6.07) is 1.96. The molecule has 0 amide bonds. The summed E-state index contributed by atoms with van der Waals surface area (Å²) < 4.78 is 5.83. The largest absolute Gasteiger partial charge is 0.481 e. The normalized spacial score (nSPS) is 22.2. The van der Waals surface area contributed by atoms with E-state index in [-0.39, 0.29) is 18.3 Å².